The minimum atomic E-state index is -0.180. The first-order valence-corrected chi connectivity index (χ1v) is 8.28. The molecule has 20 heavy (non-hydrogen) atoms. The fraction of sp³-hybridized carbons (Fsp3) is 0.733. The number of aromatic nitrogens is 1. The van der Waals surface area contributed by atoms with Gasteiger partial charge in [-0.05, 0) is 40.0 Å². The molecule has 1 aliphatic rings. The van der Waals surface area contributed by atoms with Gasteiger partial charge in [0.1, 0.15) is 0 Å². The molecule has 1 saturated heterocycles. The summed E-state index contributed by atoms with van der Waals surface area (Å²) in [6.07, 6.45) is 3.18. The van der Waals surface area contributed by atoms with Crippen LogP contribution in [-0.2, 0) is 6.42 Å². The number of nitrogens with one attached hydrogen (secondary N) is 1. The lowest BCUT2D eigenvalue weighted by Crippen LogP contribution is -2.51. The summed E-state index contributed by atoms with van der Waals surface area (Å²) >= 11 is 1.74. The first-order chi connectivity index (χ1) is 9.39. The van der Waals surface area contributed by atoms with Crippen molar-refractivity contribution in [3.8, 4) is 0 Å². The third-order valence-electron chi connectivity index (χ3n) is 3.47. The van der Waals surface area contributed by atoms with Crippen LogP contribution < -0.4 is 5.32 Å². The molecule has 2 heterocycles. The highest BCUT2D eigenvalue weighted by atomic mass is 32.1. The maximum Gasteiger partial charge on any atom is 0.317 e. The molecule has 112 valence electrons. The van der Waals surface area contributed by atoms with Gasteiger partial charge in [-0.2, -0.15) is 0 Å². The molecule has 1 fully saturated rings. The summed E-state index contributed by atoms with van der Waals surface area (Å²) in [5.41, 5.74) is 0.988. The largest absolute Gasteiger partial charge is 0.333 e. The number of urea groups is 1. The maximum atomic E-state index is 12.2. The summed E-state index contributed by atoms with van der Waals surface area (Å²) in [6, 6.07) is 0.0504. The molecule has 2 amide bonds. The molecule has 4 nitrogen and oxygen atoms in total. The van der Waals surface area contributed by atoms with Crippen LogP contribution in [0.1, 0.15) is 57.2 Å². The Balaban J connectivity index is 1.99. The van der Waals surface area contributed by atoms with Crippen LogP contribution in [0.15, 0.2) is 5.38 Å². The van der Waals surface area contributed by atoms with Gasteiger partial charge in [-0.1, -0.05) is 6.92 Å². The van der Waals surface area contributed by atoms with E-state index >= 15 is 0 Å². The Morgan fingerprint density at radius 3 is 2.90 bits per heavy atom. The second-order valence-electron chi connectivity index (χ2n) is 6.50. The molecule has 0 saturated carbocycles. The summed E-state index contributed by atoms with van der Waals surface area (Å²) in [5.74, 6) is 0.403. The normalized spacial score (nSPS) is 20.0. The minimum Gasteiger partial charge on any atom is -0.333 e. The van der Waals surface area contributed by atoms with E-state index in [1.165, 1.54) is 10.7 Å². The van der Waals surface area contributed by atoms with E-state index in [4.69, 9.17) is 0 Å². The lowest BCUT2D eigenvalue weighted by Gasteiger charge is -2.34. The van der Waals surface area contributed by atoms with Crippen molar-refractivity contribution < 1.29 is 4.79 Å². The van der Waals surface area contributed by atoms with E-state index in [0.717, 1.165) is 32.4 Å². The molecule has 0 spiro atoms. The van der Waals surface area contributed by atoms with Crippen molar-refractivity contribution in [2.45, 2.75) is 58.4 Å². The van der Waals surface area contributed by atoms with Gasteiger partial charge in [0.2, 0.25) is 0 Å². The Morgan fingerprint density at radius 2 is 2.30 bits per heavy atom. The molecule has 1 atom stereocenters. The standard InChI is InChI=1S/C15H25N3OS/c1-5-12-10-20-13(16-12)11-7-6-8-18(9-11)14(19)17-15(2,3)4/h10-11H,5-9H2,1-4H3,(H,17,19). The van der Waals surface area contributed by atoms with Crippen molar-refractivity contribution in [1.82, 2.24) is 15.2 Å². The highest BCUT2D eigenvalue weighted by Crippen LogP contribution is 2.29. The topological polar surface area (TPSA) is 45.2 Å². The quantitative estimate of drug-likeness (QED) is 0.909. The van der Waals surface area contributed by atoms with E-state index in [0.29, 0.717) is 5.92 Å². The Bertz CT molecular complexity index is 464. The number of aryl methyl sites for hydroxylation is 1. The highest BCUT2D eigenvalue weighted by Gasteiger charge is 2.28. The van der Waals surface area contributed by atoms with Gasteiger partial charge in [-0.3, -0.25) is 0 Å². The van der Waals surface area contributed by atoms with E-state index < -0.39 is 0 Å². The van der Waals surface area contributed by atoms with E-state index in [-0.39, 0.29) is 11.6 Å². The van der Waals surface area contributed by atoms with Gasteiger partial charge < -0.3 is 10.2 Å². The first-order valence-electron chi connectivity index (χ1n) is 7.40. The SMILES string of the molecule is CCc1csc(C2CCCN(C(=O)NC(C)(C)C)C2)n1. The zero-order valence-corrected chi connectivity index (χ0v) is 13.7. The van der Waals surface area contributed by atoms with Crippen LogP contribution in [-0.4, -0.2) is 34.5 Å². The van der Waals surface area contributed by atoms with E-state index in [2.05, 4.69) is 22.6 Å². The Hall–Kier alpha value is -1.10. The van der Waals surface area contributed by atoms with Crippen molar-refractivity contribution in [1.29, 1.82) is 0 Å². The van der Waals surface area contributed by atoms with Gasteiger partial charge in [0.15, 0.2) is 0 Å². The van der Waals surface area contributed by atoms with Gasteiger partial charge in [0.25, 0.3) is 0 Å². The number of piperidine rings is 1. The fourth-order valence-corrected chi connectivity index (χ4v) is 3.47. The molecule has 0 radical (unpaired) electrons. The first kappa shape index (κ1) is 15.3. The number of hydrogen-bond acceptors (Lipinski definition) is 3. The third-order valence-corrected chi connectivity index (χ3v) is 4.53. The molecule has 1 aliphatic heterocycles. The predicted molar refractivity (Wildman–Crippen MR) is 83.3 cm³/mol. The predicted octanol–water partition coefficient (Wildman–Crippen LogP) is 3.39. The van der Waals surface area contributed by atoms with E-state index in [1.54, 1.807) is 11.3 Å². The molecule has 0 aromatic carbocycles. The number of nitrogens with zero attached hydrogens (tertiary/aromatic N) is 2. The fourth-order valence-electron chi connectivity index (χ4n) is 2.44. The second-order valence-corrected chi connectivity index (χ2v) is 7.39. The monoisotopic (exact) mass is 295 g/mol. The summed E-state index contributed by atoms with van der Waals surface area (Å²) in [7, 11) is 0. The Morgan fingerprint density at radius 1 is 1.55 bits per heavy atom. The molecule has 0 bridgehead atoms. The molecular weight excluding hydrogens is 270 g/mol. The van der Waals surface area contributed by atoms with Crippen LogP contribution in [0.25, 0.3) is 0 Å². The Kier molecular flexibility index (Phi) is 4.68. The minimum absolute atomic E-state index is 0.0504. The summed E-state index contributed by atoms with van der Waals surface area (Å²) in [5, 5.41) is 6.38. The average molecular weight is 295 g/mol. The van der Waals surface area contributed by atoms with Crippen LogP contribution in [0.5, 0.6) is 0 Å². The lowest BCUT2D eigenvalue weighted by molar-refractivity contribution is 0.171. The van der Waals surface area contributed by atoms with Crippen molar-refractivity contribution in [2.75, 3.05) is 13.1 Å². The van der Waals surface area contributed by atoms with Gasteiger partial charge >= 0.3 is 6.03 Å². The average Bonchev–Trinajstić information content (AvgIpc) is 2.85. The van der Waals surface area contributed by atoms with Gasteiger partial charge in [0.05, 0.1) is 10.7 Å². The molecule has 1 aromatic heterocycles. The summed E-state index contributed by atoms with van der Waals surface area (Å²) in [4.78, 5) is 18.9. The van der Waals surface area contributed by atoms with Crippen molar-refractivity contribution in [3.63, 3.8) is 0 Å². The number of carbonyl (C=O) groups is 1. The lowest BCUT2D eigenvalue weighted by atomic mass is 9.99. The Labute approximate surface area is 125 Å². The van der Waals surface area contributed by atoms with Crippen LogP contribution in [0.2, 0.25) is 0 Å². The molecule has 2 rings (SSSR count). The van der Waals surface area contributed by atoms with Crippen LogP contribution >= 0.6 is 11.3 Å². The van der Waals surface area contributed by atoms with Crippen molar-refractivity contribution in [3.05, 3.63) is 16.1 Å². The second kappa shape index (κ2) is 6.12. The van der Waals surface area contributed by atoms with Gasteiger partial charge in [0, 0.05) is 29.9 Å². The molecule has 5 heteroatoms. The van der Waals surface area contributed by atoms with Crippen LogP contribution in [0.4, 0.5) is 4.79 Å². The van der Waals surface area contributed by atoms with Crippen molar-refractivity contribution >= 4 is 17.4 Å². The number of thiazole rings is 1. The number of hydrogen-bond donors (Lipinski definition) is 1. The zero-order chi connectivity index (χ0) is 14.8. The smallest absolute Gasteiger partial charge is 0.317 e. The number of carbonyl (C=O) groups excluding carboxylic acids is 1. The molecule has 1 unspecified atom stereocenters. The van der Waals surface area contributed by atoms with Crippen LogP contribution in [0.3, 0.4) is 0 Å². The van der Waals surface area contributed by atoms with E-state index in [1.807, 2.05) is 25.7 Å². The summed E-state index contributed by atoms with van der Waals surface area (Å²) < 4.78 is 0. The molecule has 0 aliphatic carbocycles. The van der Waals surface area contributed by atoms with Gasteiger partial charge in [-0.15, -0.1) is 11.3 Å². The number of amides is 2. The number of likely N-dealkylation sites (tertiary alicyclic amines) is 1. The molecule has 1 N–H and O–H groups in total. The van der Waals surface area contributed by atoms with Crippen molar-refractivity contribution in [2.24, 2.45) is 0 Å². The third kappa shape index (κ3) is 3.95. The number of rotatable bonds is 2. The molecular formula is C15H25N3OS. The molecule has 1 aromatic rings. The van der Waals surface area contributed by atoms with Gasteiger partial charge in [-0.25, -0.2) is 9.78 Å². The zero-order valence-electron chi connectivity index (χ0n) is 12.9. The summed E-state index contributed by atoms with van der Waals surface area (Å²) in [6.45, 7) is 9.81. The highest BCUT2D eigenvalue weighted by molar-refractivity contribution is 7.09. The maximum absolute atomic E-state index is 12.2. The van der Waals surface area contributed by atoms with E-state index in [9.17, 15) is 4.79 Å². The van der Waals surface area contributed by atoms with Crippen LogP contribution in [0, 0.1) is 0 Å².